The van der Waals surface area contributed by atoms with Crippen molar-refractivity contribution in [2.24, 2.45) is 0 Å². The van der Waals surface area contributed by atoms with Crippen molar-refractivity contribution in [3.63, 3.8) is 0 Å². The summed E-state index contributed by atoms with van der Waals surface area (Å²) in [6.45, 7) is 4.11. The number of hydrogen-bond donors (Lipinski definition) is 0. The normalized spacial score (nSPS) is 14.6. The van der Waals surface area contributed by atoms with Crippen molar-refractivity contribution in [3.8, 4) is 0 Å². The molecule has 0 radical (unpaired) electrons. The third-order valence-electron chi connectivity index (χ3n) is 2.61. The van der Waals surface area contributed by atoms with Crippen molar-refractivity contribution in [3.05, 3.63) is 28.5 Å². The lowest BCUT2D eigenvalue weighted by Gasteiger charge is -2.18. The van der Waals surface area contributed by atoms with Gasteiger partial charge < -0.3 is 4.90 Å². The van der Waals surface area contributed by atoms with E-state index >= 15 is 0 Å². The fourth-order valence-electron chi connectivity index (χ4n) is 1.95. The molecule has 0 atom stereocenters. The molecule has 1 aromatic rings. The maximum absolute atomic E-state index is 13.2. The minimum atomic E-state index is -0.312. The number of hydrogen-bond acceptors (Lipinski definition) is 1. The van der Waals surface area contributed by atoms with Crippen LogP contribution < -0.4 is 4.90 Å². The summed E-state index contributed by atoms with van der Waals surface area (Å²) in [7, 11) is 0. The van der Waals surface area contributed by atoms with Gasteiger partial charge in [-0.25, -0.2) is 4.39 Å². The highest BCUT2D eigenvalue weighted by Gasteiger charge is 2.20. The van der Waals surface area contributed by atoms with Crippen LogP contribution in [0.1, 0.15) is 18.9 Å². The Morgan fingerprint density at radius 3 is 3.00 bits per heavy atom. The molecule has 0 N–H and O–H groups in total. The van der Waals surface area contributed by atoms with Crippen LogP contribution in [0.2, 0.25) is 5.02 Å². The summed E-state index contributed by atoms with van der Waals surface area (Å²) in [5, 5.41) is 0.238. The zero-order valence-corrected chi connectivity index (χ0v) is 8.94. The van der Waals surface area contributed by atoms with E-state index in [-0.39, 0.29) is 10.8 Å². The summed E-state index contributed by atoms with van der Waals surface area (Å²) in [4.78, 5) is 2.22. The summed E-state index contributed by atoms with van der Waals surface area (Å²) in [5.74, 6) is -0.312. The average Bonchev–Trinajstić information content (AvgIpc) is 2.51. The molecule has 0 unspecified atom stereocenters. The number of halogens is 2. The minimum Gasteiger partial charge on any atom is -0.371 e. The van der Waals surface area contributed by atoms with Crippen molar-refractivity contribution in [1.82, 2.24) is 0 Å². The Balaban J connectivity index is 2.35. The molecular weight excluding hydrogens is 201 g/mol. The van der Waals surface area contributed by atoms with Crippen LogP contribution >= 0.6 is 11.6 Å². The van der Waals surface area contributed by atoms with E-state index in [2.05, 4.69) is 11.8 Å². The average molecular weight is 214 g/mol. The van der Waals surface area contributed by atoms with Crippen molar-refractivity contribution in [1.29, 1.82) is 0 Å². The Morgan fingerprint density at radius 1 is 1.50 bits per heavy atom. The van der Waals surface area contributed by atoms with Crippen LogP contribution in [0.15, 0.2) is 12.1 Å². The van der Waals surface area contributed by atoms with Crippen LogP contribution in [-0.4, -0.2) is 13.1 Å². The van der Waals surface area contributed by atoms with Crippen LogP contribution in [0.3, 0.4) is 0 Å². The topological polar surface area (TPSA) is 3.24 Å². The number of nitrogens with zero attached hydrogens (tertiary/aromatic N) is 1. The summed E-state index contributed by atoms with van der Waals surface area (Å²) < 4.78 is 13.2. The van der Waals surface area contributed by atoms with E-state index in [1.54, 1.807) is 12.1 Å². The first-order valence-corrected chi connectivity index (χ1v) is 5.33. The van der Waals surface area contributed by atoms with Gasteiger partial charge in [0.1, 0.15) is 5.82 Å². The Kier molecular flexibility index (Phi) is 2.64. The number of fused-ring (bicyclic) bond motifs is 1. The van der Waals surface area contributed by atoms with Crippen LogP contribution in [0, 0.1) is 5.82 Å². The van der Waals surface area contributed by atoms with Gasteiger partial charge in [0.25, 0.3) is 0 Å². The van der Waals surface area contributed by atoms with E-state index in [4.69, 9.17) is 11.6 Å². The number of benzene rings is 1. The molecule has 1 heterocycles. The Labute approximate surface area is 88.5 Å². The summed E-state index contributed by atoms with van der Waals surface area (Å²) >= 11 is 5.72. The van der Waals surface area contributed by atoms with E-state index < -0.39 is 0 Å². The van der Waals surface area contributed by atoms with Gasteiger partial charge in [-0.2, -0.15) is 0 Å². The van der Waals surface area contributed by atoms with E-state index in [1.807, 2.05) is 0 Å². The zero-order chi connectivity index (χ0) is 10.1. The first-order valence-electron chi connectivity index (χ1n) is 4.95. The SMILES string of the molecule is CCCN1CCc2cc(Cl)c(F)cc21. The molecule has 0 saturated carbocycles. The van der Waals surface area contributed by atoms with Gasteiger partial charge in [0.2, 0.25) is 0 Å². The second kappa shape index (κ2) is 3.77. The second-order valence-electron chi connectivity index (χ2n) is 3.63. The fraction of sp³-hybridized carbons (Fsp3) is 0.455. The van der Waals surface area contributed by atoms with E-state index in [0.717, 1.165) is 31.6 Å². The highest BCUT2D eigenvalue weighted by Crippen LogP contribution is 2.32. The standard InChI is InChI=1S/C11H13ClFN/c1-2-4-14-5-3-8-6-9(12)10(13)7-11(8)14/h6-7H,2-5H2,1H3. The molecule has 1 aromatic carbocycles. The largest absolute Gasteiger partial charge is 0.371 e. The lowest BCUT2D eigenvalue weighted by molar-refractivity contribution is 0.627. The van der Waals surface area contributed by atoms with Gasteiger partial charge in [0.05, 0.1) is 5.02 Å². The molecule has 0 aromatic heterocycles. The van der Waals surface area contributed by atoms with Crippen molar-refractivity contribution in [2.75, 3.05) is 18.0 Å². The Morgan fingerprint density at radius 2 is 2.29 bits per heavy atom. The van der Waals surface area contributed by atoms with Gasteiger partial charge in [0.15, 0.2) is 0 Å². The molecule has 0 aliphatic carbocycles. The maximum Gasteiger partial charge on any atom is 0.143 e. The lowest BCUT2D eigenvalue weighted by atomic mass is 10.1. The first-order chi connectivity index (χ1) is 6.72. The minimum absolute atomic E-state index is 0.238. The van der Waals surface area contributed by atoms with Gasteiger partial charge in [-0.15, -0.1) is 0 Å². The van der Waals surface area contributed by atoms with Crippen molar-refractivity contribution in [2.45, 2.75) is 19.8 Å². The molecule has 0 fully saturated rings. The summed E-state index contributed by atoms with van der Waals surface area (Å²) in [6.07, 6.45) is 2.07. The highest BCUT2D eigenvalue weighted by molar-refractivity contribution is 6.30. The molecule has 2 rings (SSSR count). The van der Waals surface area contributed by atoms with E-state index in [9.17, 15) is 4.39 Å². The predicted molar refractivity (Wildman–Crippen MR) is 57.6 cm³/mol. The van der Waals surface area contributed by atoms with Gasteiger partial charge in [0, 0.05) is 18.8 Å². The van der Waals surface area contributed by atoms with Gasteiger partial charge >= 0.3 is 0 Å². The molecule has 76 valence electrons. The fourth-order valence-corrected chi connectivity index (χ4v) is 2.14. The number of rotatable bonds is 2. The predicted octanol–water partition coefficient (Wildman–Crippen LogP) is 3.25. The number of anilines is 1. The third kappa shape index (κ3) is 1.59. The molecule has 0 bridgehead atoms. The Bertz CT molecular complexity index is 351. The smallest absolute Gasteiger partial charge is 0.143 e. The Hall–Kier alpha value is -0.760. The van der Waals surface area contributed by atoms with Gasteiger partial charge in [-0.1, -0.05) is 18.5 Å². The van der Waals surface area contributed by atoms with Crippen LogP contribution in [0.5, 0.6) is 0 Å². The summed E-state index contributed by atoms with van der Waals surface area (Å²) in [5.41, 5.74) is 2.19. The second-order valence-corrected chi connectivity index (χ2v) is 4.04. The molecule has 0 amide bonds. The van der Waals surface area contributed by atoms with Gasteiger partial charge in [-0.3, -0.25) is 0 Å². The maximum atomic E-state index is 13.2. The van der Waals surface area contributed by atoms with Gasteiger partial charge in [-0.05, 0) is 30.5 Å². The van der Waals surface area contributed by atoms with Crippen molar-refractivity contribution < 1.29 is 4.39 Å². The first kappa shape index (κ1) is 9.78. The molecule has 3 heteroatoms. The molecule has 1 aliphatic rings. The summed E-state index contributed by atoms with van der Waals surface area (Å²) in [6, 6.07) is 3.31. The van der Waals surface area contributed by atoms with Crippen LogP contribution in [0.25, 0.3) is 0 Å². The molecule has 1 aliphatic heterocycles. The van der Waals surface area contributed by atoms with Crippen molar-refractivity contribution >= 4 is 17.3 Å². The molecule has 14 heavy (non-hydrogen) atoms. The molecule has 0 spiro atoms. The molecule has 0 saturated heterocycles. The zero-order valence-electron chi connectivity index (χ0n) is 8.19. The molecular formula is C11H13ClFN. The monoisotopic (exact) mass is 213 g/mol. The highest BCUT2D eigenvalue weighted by atomic mass is 35.5. The van der Waals surface area contributed by atoms with E-state index in [1.165, 1.54) is 5.56 Å². The quantitative estimate of drug-likeness (QED) is 0.729. The molecule has 1 nitrogen and oxygen atoms in total. The van der Waals surface area contributed by atoms with Crippen LogP contribution in [0.4, 0.5) is 10.1 Å². The van der Waals surface area contributed by atoms with Crippen LogP contribution in [-0.2, 0) is 6.42 Å². The lowest BCUT2D eigenvalue weighted by Crippen LogP contribution is -2.20. The third-order valence-corrected chi connectivity index (χ3v) is 2.90. The van der Waals surface area contributed by atoms with E-state index in [0.29, 0.717) is 0 Å².